The maximum absolute atomic E-state index is 12.8. The second kappa shape index (κ2) is 9.57. The average molecular weight is 404 g/mol. The van der Waals surface area contributed by atoms with Crippen LogP contribution in [-0.2, 0) is 22.4 Å². The average Bonchev–Trinajstić information content (AvgIpc) is 3.10. The molecule has 0 bridgehead atoms. The second-order valence-corrected chi connectivity index (χ2v) is 6.79. The summed E-state index contributed by atoms with van der Waals surface area (Å²) >= 11 is 0. The van der Waals surface area contributed by atoms with Crippen LogP contribution in [0.2, 0.25) is 0 Å². The Bertz CT molecular complexity index is 857. The second-order valence-electron chi connectivity index (χ2n) is 6.79. The smallest absolute Gasteiger partial charge is 0.231 e. The van der Waals surface area contributed by atoms with Gasteiger partial charge in [0.1, 0.15) is 5.75 Å². The van der Waals surface area contributed by atoms with E-state index in [0.717, 1.165) is 29.0 Å². The van der Waals surface area contributed by atoms with Gasteiger partial charge in [-0.1, -0.05) is 25.1 Å². The highest BCUT2D eigenvalue weighted by Crippen LogP contribution is 2.31. The topological polar surface area (TPSA) is 84.7 Å². The van der Waals surface area contributed by atoms with Gasteiger partial charge < -0.3 is 20.7 Å². The largest absolute Gasteiger partial charge is 0.497 e. The lowest BCUT2D eigenvalue weighted by atomic mass is 10.1. The van der Waals surface area contributed by atoms with E-state index in [1.165, 1.54) is 0 Å². The van der Waals surface area contributed by atoms with Crippen LogP contribution in [0.25, 0.3) is 0 Å². The van der Waals surface area contributed by atoms with E-state index in [2.05, 4.69) is 5.32 Å². The van der Waals surface area contributed by atoms with E-state index in [1.54, 1.807) is 18.9 Å². The predicted octanol–water partition coefficient (Wildman–Crippen LogP) is 2.78. The third-order valence-corrected chi connectivity index (χ3v) is 4.84. The molecule has 1 unspecified atom stereocenters. The summed E-state index contributed by atoms with van der Waals surface area (Å²) in [6, 6.07) is 13.2. The lowest BCUT2D eigenvalue weighted by Crippen LogP contribution is -2.30. The van der Waals surface area contributed by atoms with Crippen molar-refractivity contribution in [3.05, 3.63) is 53.6 Å². The number of hydrogen-bond acceptors (Lipinski definition) is 4. The van der Waals surface area contributed by atoms with Gasteiger partial charge in [0.05, 0.1) is 13.5 Å². The van der Waals surface area contributed by atoms with E-state index < -0.39 is 0 Å². The number of carbonyl (C=O) groups is 2. The fraction of sp³-hybridized carbons (Fsp3) is 0.333. The molecule has 0 aliphatic carbocycles. The molecule has 1 atom stereocenters. The number of halogens is 1. The first-order chi connectivity index (χ1) is 13.0. The summed E-state index contributed by atoms with van der Waals surface area (Å²) in [6.45, 7) is 2.73. The van der Waals surface area contributed by atoms with Gasteiger partial charge >= 0.3 is 0 Å². The molecule has 1 heterocycles. The minimum absolute atomic E-state index is 0. The van der Waals surface area contributed by atoms with Crippen molar-refractivity contribution in [2.45, 2.75) is 19.8 Å². The standard InChI is InChI=1S/C21H25N3O3.ClH/c1-14(13-22)21(26)23-17-7-6-16-8-9-24(19(16)12-17)20(25)11-15-4-3-5-18(10-15)27-2;/h3-7,10,12,14H,8-9,11,13,22H2,1-2H3,(H,23,26);1H. The Morgan fingerprint density at radius 3 is 2.75 bits per heavy atom. The number of carbonyl (C=O) groups excluding carboxylic acids is 2. The van der Waals surface area contributed by atoms with E-state index in [9.17, 15) is 9.59 Å². The molecule has 3 N–H and O–H groups in total. The third kappa shape index (κ3) is 4.82. The van der Waals surface area contributed by atoms with Crippen LogP contribution in [0.5, 0.6) is 5.75 Å². The minimum atomic E-state index is -0.260. The Morgan fingerprint density at radius 2 is 2.04 bits per heavy atom. The molecule has 28 heavy (non-hydrogen) atoms. The highest BCUT2D eigenvalue weighted by atomic mass is 35.5. The van der Waals surface area contributed by atoms with Crippen LogP contribution in [0.1, 0.15) is 18.1 Å². The van der Waals surface area contributed by atoms with E-state index >= 15 is 0 Å². The van der Waals surface area contributed by atoms with E-state index in [4.69, 9.17) is 10.5 Å². The number of hydrogen-bond donors (Lipinski definition) is 2. The fourth-order valence-electron chi connectivity index (χ4n) is 3.14. The Morgan fingerprint density at radius 1 is 1.25 bits per heavy atom. The van der Waals surface area contributed by atoms with Gasteiger partial charge in [0.25, 0.3) is 0 Å². The first-order valence-electron chi connectivity index (χ1n) is 9.09. The molecule has 2 amide bonds. The van der Waals surface area contributed by atoms with Gasteiger partial charge in [0.2, 0.25) is 11.8 Å². The Labute approximate surface area is 171 Å². The minimum Gasteiger partial charge on any atom is -0.497 e. The molecule has 1 aliphatic rings. The van der Waals surface area contributed by atoms with Crippen molar-refractivity contribution in [2.24, 2.45) is 11.7 Å². The fourth-order valence-corrected chi connectivity index (χ4v) is 3.14. The van der Waals surface area contributed by atoms with Crippen LogP contribution in [0, 0.1) is 5.92 Å². The van der Waals surface area contributed by atoms with Crippen LogP contribution >= 0.6 is 12.4 Å². The van der Waals surface area contributed by atoms with Gasteiger partial charge in [-0.3, -0.25) is 9.59 Å². The summed E-state index contributed by atoms with van der Waals surface area (Å²) in [6.07, 6.45) is 1.12. The summed E-state index contributed by atoms with van der Waals surface area (Å²) in [5.74, 6) is 0.385. The number of anilines is 2. The zero-order valence-corrected chi connectivity index (χ0v) is 16.9. The molecule has 3 rings (SSSR count). The zero-order chi connectivity index (χ0) is 19.4. The van der Waals surface area contributed by atoms with Gasteiger partial charge in [0, 0.05) is 30.4 Å². The number of nitrogens with one attached hydrogen (secondary N) is 1. The molecule has 1 aliphatic heterocycles. The molecule has 6 nitrogen and oxygen atoms in total. The van der Waals surface area contributed by atoms with Gasteiger partial charge in [0.15, 0.2) is 0 Å². The van der Waals surface area contributed by atoms with E-state index in [-0.39, 0.29) is 30.1 Å². The quantitative estimate of drug-likeness (QED) is 0.776. The lowest BCUT2D eigenvalue weighted by Gasteiger charge is -2.19. The van der Waals surface area contributed by atoms with Crippen molar-refractivity contribution in [2.75, 3.05) is 30.4 Å². The third-order valence-electron chi connectivity index (χ3n) is 4.84. The number of amides is 2. The molecule has 0 fully saturated rings. The van der Waals surface area contributed by atoms with Crippen molar-refractivity contribution >= 4 is 35.6 Å². The monoisotopic (exact) mass is 403 g/mol. The molecular weight excluding hydrogens is 378 g/mol. The van der Waals surface area contributed by atoms with Crippen molar-refractivity contribution in [1.82, 2.24) is 0 Å². The number of benzene rings is 2. The first kappa shape index (κ1) is 21.7. The normalized spacial score (nSPS) is 13.3. The SMILES string of the molecule is COc1cccc(CC(=O)N2CCc3ccc(NC(=O)C(C)CN)cc32)c1.Cl. The zero-order valence-electron chi connectivity index (χ0n) is 16.1. The highest BCUT2D eigenvalue weighted by Gasteiger charge is 2.25. The van der Waals surface area contributed by atoms with Crippen LogP contribution < -0.4 is 20.7 Å². The molecule has 150 valence electrons. The van der Waals surface area contributed by atoms with Crippen LogP contribution in [0.15, 0.2) is 42.5 Å². The lowest BCUT2D eigenvalue weighted by molar-refractivity contribution is -0.119. The van der Waals surface area contributed by atoms with Gasteiger partial charge in [-0.2, -0.15) is 0 Å². The Balaban J connectivity index is 0.00000280. The molecular formula is C21H26ClN3O3. The molecule has 0 aromatic heterocycles. The summed E-state index contributed by atoms with van der Waals surface area (Å²) in [4.78, 5) is 26.7. The molecule has 0 saturated carbocycles. The molecule has 0 spiro atoms. The highest BCUT2D eigenvalue weighted by molar-refractivity contribution is 5.98. The maximum Gasteiger partial charge on any atom is 0.231 e. The number of methoxy groups -OCH3 is 1. The van der Waals surface area contributed by atoms with Gasteiger partial charge in [-0.05, 0) is 41.8 Å². The Kier molecular flexibility index (Phi) is 7.43. The van der Waals surface area contributed by atoms with Gasteiger partial charge in [-0.15, -0.1) is 12.4 Å². The number of rotatable bonds is 6. The van der Waals surface area contributed by atoms with Crippen molar-refractivity contribution in [1.29, 1.82) is 0 Å². The van der Waals surface area contributed by atoms with Crippen LogP contribution in [-0.4, -0.2) is 32.0 Å². The van der Waals surface area contributed by atoms with E-state index in [0.29, 0.717) is 25.2 Å². The Hall–Kier alpha value is -2.57. The molecule has 0 saturated heterocycles. The number of nitrogens with zero attached hydrogens (tertiary/aromatic N) is 1. The molecule has 2 aromatic carbocycles. The number of fused-ring (bicyclic) bond motifs is 1. The summed E-state index contributed by atoms with van der Waals surface area (Å²) in [7, 11) is 1.61. The van der Waals surface area contributed by atoms with Gasteiger partial charge in [-0.25, -0.2) is 0 Å². The maximum atomic E-state index is 12.8. The van der Waals surface area contributed by atoms with Crippen molar-refractivity contribution in [3.63, 3.8) is 0 Å². The molecule has 7 heteroatoms. The first-order valence-corrected chi connectivity index (χ1v) is 9.09. The van der Waals surface area contributed by atoms with Crippen LogP contribution in [0.3, 0.4) is 0 Å². The summed E-state index contributed by atoms with van der Waals surface area (Å²) in [5, 5.41) is 2.87. The summed E-state index contributed by atoms with van der Waals surface area (Å²) in [5.41, 5.74) is 9.11. The van der Waals surface area contributed by atoms with E-state index in [1.807, 2.05) is 42.5 Å². The molecule has 0 radical (unpaired) electrons. The van der Waals surface area contributed by atoms with Crippen LogP contribution in [0.4, 0.5) is 11.4 Å². The predicted molar refractivity (Wildman–Crippen MR) is 113 cm³/mol. The number of nitrogens with two attached hydrogens (primary N) is 1. The number of ether oxygens (including phenoxy) is 1. The summed E-state index contributed by atoms with van der Waals surface area (Å²) < 4.78 is 5.23. The molecule has 2 aromatic rings. The van der Waals surface area contributed by atoms with Crippen molar-refractivity contribution in [3.8, 4) is 5.75 Å². The van der Waals surface area contributed by atoms with Crippen molar-refractivity contribution < 1.29 is 14.3 Å².